The predicted octanol–water partition coefficient (Wildman–Crippen LogP) is 2.56. The zero-order valence-corrected chi connectivity index (χ0v) is 18.3. The van der Waals surface area contributed by atoms with Crippen LogP contribution in [-0.4, -0.2) is 45.6 Å². The summed E-state index contributed by atoms with van der Waals surface area (Å²) in [4.78, 5) is 39.8. The molecule has 2 aliphatic rings. The van der Waals surface area contributed by atoms with Gasteiger partial charge in [0.05, 0.1) is 18.9 Å². The quantitative estimate of drug-likeness (QED) is 0.507. The Morgan fingerprint density at radius 3 is 2.85 bits per heavy atom. The zero-order valence-electron chi connectivity index (χ0n) is 17.5. The molecule has 8 nitrogen and oxygen atoms in total. The van der Waals surface area contributed by atoms with Crippen molar-refractivity contribution in [1.29, 1.82) is 0 Å². The number of halogens is 3. The number of aromatic nitrogens is 1. The number of nitrogens with zero attached hydrogens (tertiary/aromatic N) is 2. The van der Waals surface area contributed by atoms with E-state index in [0.717, 1.165) is 17.7 Å². The van der Waals surface area contributed by atoms with E-state index in [1.807, 2.05) is 6.92 Å². The first-order valence-corrected chi connectivity index (χ1v) is 10.6. The molecule has 4 rings (SSSR count). The van der Waals surface area contributed by atoms with Crippen molar-refractivity contribution >= 4 is 23.4 Å². The molecule has 2 amide bonds. The highest BCUT2D eigenvalue weighted by molar-refractivity contribution is 6.30. The molecule has 0 bridgehead atoms. The number of pyridine rings is 1. The lowest BCUT2D eigenvalue weighted by atomic mass is 10.1. The average molecular weight is 480 g/mol. The minimum atomic E-state index is -1.03. The van der Waals surface area contributed by atoms with Gasteiger partial charge in [-0.1, -0.05) is 17.7 Å². The summed E-state index contributed by atoms with van der Waals surface area (Å²) in [6, 6.07) is 1.75. The number of amides is 2. The van der Waals surface area contributed by atoms with E-state index in [2.05, 4.69) is 5.32 Å². The Morgan fingerprint density at radius 1 is 1.36 bits per heavy atom. The van der Waals surface area contributed by atoms with Crippen LogP contribution < -0.4 is 10.7 Å². The number of carbonyl (C=O) groups excluding carboxylic acids is 2. The standard InChI is InChI=1S/C22H20ClF2N3O5/c1-2-33-10-12-5-6-28-15(12)9-27-8-13(19(29)20(30)18(27)22(28)32)21(31)26-7-11-3-4-14(24)16(23)17(11)25/h3-4,8,10,15,30H,2,5-7,9H2,1H3,(H,26,31)/b12-10+/t15-/m1/s1. The first-order chi connectivity index (χ1) is 15.7. The maximum Gasteiger partial charge on any atom is 0.275 e. The summed E-state index contributed by atoms with van der Waals surface area (Å²) >= 11 is 5.54. The molecule has 0 radical (unpaired) electrons. The molecule has 3 heterocycles. The Balaban J connectivity index is 1.62. The van der Waals surface area contributed by atoms with Crippen LogP contribution in [0.1, 0.15) is 39.8 Å². The van der Waals surface area contributed by atoms with Gasteiger partial charge in [0.2, 0.25) is 5.43 Å². The Kier molecular flexibility index (Phi) is 6.11. The molecule has 2 aromatic rings. The normalized spacial score (nSPS) is 18.3. The summed E-state index contributed by atoms with van der Waals surface area (Å²) in [5.74, 6) is -4.20. The van der Waals surface area contributed by atoms with E-state index in [1.54, 1.807) is 11.2 Å². The maximum atomic E-state index is 14.1. The van der Waals surface area contributed by atoms with E-state index in [1.165, 1.54) is 10.8 Å². The molecular weight excluding hydrogens is 460 g/mol. The van der Waals surface area contributed by atoms with E-state index in [0.29, 0.717) is 19.6 Å². The molecule has 1 aromatic heterocycles. The fourth-order valence-corrected chi connectivity index (χ4v) is 4.22. The van der Waals surface area contributed by atoms with Crippen molar-refractivity contribution in [3.05, 3.63) is 73.9 Å². The maximum absolute atomic E-state index is 14.1. The second-order valence-electron chi connectivity index (χ2n) is 7.65. The van der Waals surface area contributed by atoms with Crippen LogP contribution in [0.4, 0.5) is 8.78 Å². The first-order valence-electron chi connectivity index (χ1n) is 10.2. The van der Waals surface area contributed by atoms with Gasteiger partial charge >= 0.3 is 0 Å². The summed E-state index contributed by atoms with van der Waals surface area (Å²) in [7, 11) is 0. The highest BCUT2D eigenvalue weighted by atomic mass is 35.5. The van der Waals surface area contributed by atoms with Crippen LogP contribution in [0.15, 0.2) is 35.0 Å². The van der Waals surface area contributed by atoms with E-state index in [-0.39, 0.29) is 30.4 Å². The number of fused-ring (bicyclic) bond motifs is 2. The molecule has 1 atom stereocenters. The smallest absolute Gasteiger partial charge is 0.275 e. The highest BCUT2D eigenvalue weighted by Gasteiger charge is 2.41. The minimum absolute atomic E-state index is 0.0838. The molecular formula is C22H20ClF2N3O5. The Bertz CT molecular complexity index is 1240. The molecule has 2 aliphatic heterocycles. The SMILES string of the molecule is CCO/C=C1\CCN2C(=O)c3c(O)c(=O)c(C(=O)NCc4ccc(F)c(Cl)c4F)cn3C[C@H]12. The van der Waals surface area contributed by atoms with Gasteiger partial charge in [0, 0.05) is 31.4 Å². The van der Waals surface area contributed by atoms with Gasteiger partial charge in [-0.25, -0.2) is 8.78 Å². The number of aromatic hydroxyl groups is 1. The van der Waals surface area contributed by atoms with Gasteiger partial charge < -0.3 is 24.6 Å². The Labute approximate surface area is 192 Å². The lowest BCUT2D eigenvalue weighted by molar-refractivity contribution is 0.0673. The zero-order chi connectivity index (χ0) is 23.9. The van der Waals surface area contributed by atoms with Crippen LogP contribution in [0, 0.1) is 11.6 Å². The third kappa shape index (κ3) is 3.95. The fourth-order valence-electron chi connectivity index (χ4n) is 4.03. The topological polar surface area (TPSA) is 101 Å². The number of rotatable bonds is 5. The third-order valence-electron chi connectivity index (χ3n) is 5.74. The summed E-state index contributed by atoms with van der Waals surface area (Å²) in [5, 5.41) is 12.1. The molecule has 0 spiro atoms. The largest absolute Gasteiger partial charge is 0.503 e. The third-order valence-corrected chi connectivity index (χ3v) is 6.08. The van der Waals surface area contributed by atoms with E-state index < -0.39 is 45.2 Å². The molecule has 11 heteroatoms. The van der Waals surface area contributed by atoms with Gasteiger partial charge in [0.15, 0.2) is 11.4 Å². The second kappa shape index (κ2) is 8.86. The van der Waals surface area contributed by atoms with Gasteiger partial charge in [-0.2, -0.15) is 0 Å². The number of carbonyl (C=O) groups is 2. The van der Waals surface area contributed by atoms with E-state index in [4.69, 9.17) is 16.3 Å². The summed E-state index contributed by atoms with van der Waals surface area (Å²) in [6.07, 6.45) is 3.41. The van der Waals surface area contributed by atoms with Gasteiger partial charge in [-0.3, -0.25) is 14.4 Å². The van der Waals surface area contributed by atoms with Gasteiger partial charge in [0.25, 0.3) is 11.8 Å². The molecule has 33 heavy (non-hydrogen) atoms. The predicted molar refractivity (Wildman–Crippen MR) is 114 cm³/mol. The first kappa shape index (κ1) is 22.8. The van der Waals surface area contributed by atoms with Crippen LogP contribution in [0.25, 0.3) is 0 Å². The highest BCUT2D eigenvalue weighted by Crippen LogP contribution is 2.33. The molecule has 174 valence electrons. The van der Waals surface area contributed by atoms with Crippen molar-refractivity contribution in [3.63, 3.8) is 0 Å². The van der Waals surface area contributed by atoms with Crippen molar-refractivity contribution in [3.8, 4) is 5.75 Å². The fraction of sp³-hybridized carbons (Fsp3) is 0.318. The molecule has 0 aliphatic carbocycles. The van der Waals surface area contributed by atoms with Crippen molar-refractivity contribution in [2.24, 2.45) is 0 Å². The Morgan fingerprint density at radius 2 is 2.12 bits per heavy atom. The number of nitrogens with one attached hydrogen (secondary N) is 1. The van der Waals surface area contributed by atoms with Crippen molar-refractivity contribution < 1.29 is 28.2 Å². The number of hydrogen-bond acceptors (Lipinski definition) is 5. The van der Waals surface area contributed by atoms with Gasteiger partial charge in [-0.15, -0.1) is 0 Å². The van der Waals surface area contributed by atoms with Gasteiger partial charge in [0.1, 0.15) is 22.2 Å². The van der Waals surface area contributed by atoms with Crippen LogP contribution in [0.5, 0.6) is 5.75 Å². The summed E-state index contributed by atoms with van der Waals surface area (Å²) < 4.78 is 34.1. The lowest BCUT2D eigenvalue weighted by Gasteiger charge is -2.33. The van der Waals surface area contributed by atoms with Crippen molar-refractivity contribution in [2.75, 3.05) is 13.2 Å². The molecule has 2 N–H and O–H groups in total. The Hall–Kier alpha value is -3.40. The van der Waals surface area contributed by atoms with Crippen LogP contribution in [0.3, 0.4) is 0 Å². The van der Waals surface area contributed by atoms with Crippen molar-refractivity contribution in [1.82, 2.24) is 14.8 Å². The minimum Gasteiger partial charge on any atom is -0.503 e. The van der Waals surface area contributed by atoms with Crippen LogP contribution >= 0.6 is 11.6 Å². The summed E-state index contributed by atoms with van der Waals surface area (Å²) in [5.41, 5.74) is -0.822. The lowest BCUT2D eigenvalue weighted by Crippen LogP contribution is -2.46. The molecule has 0 unspecified atom stereocenters. The van der Waals surface area contributed by atoms with Crippen LogP contribution in [-0.2, 0) is 17.8 Å². The van der Waals surface area contributed by atoms with Crippen LogP contribution in [0.2, 0.25) is 5.02 Å². The van der Waals surface area contributed by atoms with E-state index in [9.17, 15) is 28.3 Å². The monoisotopic (exact) mass is 479 g/mol. The van der Waals surface area contributed by atoms with Gasteiger partial charge in [-0.05, 0) is 25.0 Å². The number of ether oxygens (including phenoxy) is 1. The average Bonchev–Trinajstić information content (AvgIpc) is 3.20. The summed E-state index contributed by atoms with van der Waals surface area (Å²) in [6.45, 7) is 2.58. The molecule has 1 aromatic carbocycles. The number of benzene rings is 1. The molecule has 1 saturated heterocycles. The van der Waals surface area contributed by atoms with Crippen molar-refractivity contribution in [2.45, 2.75) is 32.5 Å². The molecule has 0 saturated carbocycles. The second-order valence-corrected chi connectivity index (χ2v) is 8.03. The molecule has 1 fully saturated rings. The van der Waals surface area contributed by atoms with E-state index >= 15 is 0 Å². The number of hydrogen-bond donors (Lipinski definition) is 2.